The molecule has 0 aliphatic carbocycles. The molecule has 0 spiro atoms. The van der Waals surface area contributed by atoms with Crippen molar-refractivity contribution in [3.63, 3.8) is 0 Å². The van der Waals surface area contributed by atoms with E-state index in [0.29, 0.717) is 5.37 Å². The van der Waals surface area contributed by atoms with Gasteiger partial charge in [0.25, 0.3) is 0 Å². The molecule has 1 fully saturated rings. The molecule has 2 heterocycles. The Morgan fingerprint density at radius 1 is 1.32 bits per heavy atom. The number of nitrogens with one attached hydrogen (secondary N) is 1. The first-order chi connectivity index (χ1) is 10.7. The number of rotatable bonds is 3. The van der Waals surface area contributed by atoms with E-state index in [1.807, 2.05) is 36.0 Å². The van der Waals surface area contributed by atoms with Gasteiger partial charge in [-0.05, 0) is 64.5 Å². The van der Waals surface area contributed by atoms with Crippen LogP contribution in [0.15, 0.2) is 40.2 Å². The zero-order chi connectivity index (χ0) is 15.5. The number of thiophene rings is 1. The molecule has 0 unspecified atom stereocenters. The van der Waals surface area contributed by atoms with Gasteiger partial charge >= 0.3 is 0 Å². The first-order valence-electron chi connectivity index (χ1n) is 6.76. The zero-order valence-electron chi connectivity index (χ0n) is 11.9. The van der Waals surface area contributed by atoms with Gasteiger partial charge in [-0.15, -0.1) is 23.1 Å². The van der Waals surface area contributed by atoms with Crippen LogP contribution in [0, 0.1) is 0 Å². The van der Waals surface area contributed by atoms with Gasteiger partial charge < -0.3 is 15.0 Å². The summed E-state index contributed by atoms with van der Waals surface area (Å²) in [5.74, 6) is 1.93. The lowest BCUT2D eigenvalue weighted by Gasteiger charge is -2.26. The molecule has 0 bridgehead atoms. The van der Waals surface area contributed by atoms with Crippen LogP contribution in [0.5, 0.6) is 5.75 Å². The summed E-state index contributed by atoms with van der Waals surface area (Å²) < 4.78 is 6.33. The summed E-state index contributed by atoms with van der Waals surface area (Å²) in [4.78, 5) is 3.58. The number of benzene rings is 1. The highest BCUT2D eigenvalue weighted by atomic mass is 79.9. The van der Waals surface area contributed by atoms with E-state index in [4.69, 9.17) is 17.0 Å². The van der Waals surface area contributed by atoms with E-state index in [-0.39, 0.29) is 0 Å². The molecule has 1 aromatic carbocycles. The number of methoxy groups -OCH3 is 1. The summed E-state index contributed by atoms with van der Waals surface area (Å²) in [5.41, 5.74) is 0.980. The lowest BCUT2D eigenvalue weighted by atomic mass is 10.3. The Bertz CT molecular complexity index is 659. The number of nitrogens with zero attached hydrogens (tertiary/aromatic N) is 1. The monoisotopic (exact) mass is 414 g/mol. The zero-order valence-corrected chi connectivity index (χ0v) is 15.9. The van der Waals surface area contributed by atoms with Crippen LogP contribution in [0.4, 0.5) is 5.69 Å². The molecule has 7 heteroatoms. The summed E-state index contributed by atoms with van der Waals surface area (Å²) in [6.07, 6.45) is 0. The first kappa shape index (κ1) is 16.1. The number of halogens is 1. The van der Waals surface area contributed by atoms with Gasteiger partial charge in [0.15, 0.2) is 5.11 Å². The Morgan fingerprint density at radius 3 is 2.73 bits per heavy atom. The molecule has 1 aliphatic rings. The normalized spacial score (nSPS) is 17.5. The SMILES string of the molecule is COc1ccc(NC(=S)N2CCS[C@@H]2c2ccc(Br)s2)cc1. The third-order valence-electron chi connectivity index (χ3n) is 3.33. The van der Waals surface area contributed by atoms with E-state index in [9.17, 15) is 0 Å². The quantitative estimate of drug-likeness (QED) is 0.715. The summed E-state index contributed by atoms with van der Waals surface area (Å²) in [6, 6.07) is 12.1. The summed E-state index contributed by atoms with van der Waals surface area (Å²) in [5, 5.41) is 4.39. The molecule has 116 valence electrons. The van der Waals surface area contributed by atoms with E-state index < -0.39 is 0 Å². The molecular weight excluding hydrogens is 400 g/mol. The highest BCUT2D eigenvalue weighted by molar-refractivity contribution is 9.11. The highest BCUT2D eigenvalue weighted by Gasteiger charge is 2.29. The summed E-state index contributed by atoms with van der Waals surface area (Å²) in [6.45, 7) is 0.965. The lowest BCUT2D eigenvalue weighted by Crippen LogP contribution is -2.33. The smallest absolute Gasteiger partial charge is 0.174 e. The standard InChI is InChI=1S/C15H15BrN2OS3/c1-19-11-4-2-10(3-5-11)17-15(20)18-8-9-21-14(18)12-6-7-13(16)22-12/h2-7,14H,8-9H2,1H3,(H,17,20)/t14-/m1/s1. The van der Waals surface area contributed by atoms with Crippen LogP contribution in [-0.2, 0) is 0 Å². The summed E-state index contributed by atoms with van der Waals surface area (Å²) in [7, 11) is 1.66. The average Bonchev–Trinajstić information content (AvgIpc) is 3.16. The lowest BCUT2D eigenvalue weighted by molar-refractivity contribution is 0.415. The number of hydrogen-bond donors (Lipinski definition) is 1. The Kier molecular flexibility index (Phi) is 5.28. The molecule has 0 radical (unpaired) electrons. The number of thiocarbonyl (C=S) groups is 1. The largest absolute Gasteiger partial charge is 0.497 e. The number of anilines is 1. The molecule has 1 N–H and O–H groups in total. The van der Waals surface area contributed by atoms with Crippen LogP contribution in [0.25, 0.3) is 0 Å². The van der Waals surface area contributed by atoms with Gasteiger partial charge in [-0.2, -0.15) is 0 Å². The minimum atomic E-state index is 0.301. The highest BCUT2D eigenvalue weighted by Crippen LogP contribution is 2.42. The minimum absolute atomic E-state index is 0.301. The van der Waals surface area contributed by atoms with Crippen molar-refractivity contribution in [1.29, 1.82) is 0 Å². The average molecular weight is 415 g/mol. The summed E-state index contributed by atoms with van der Waals surface area (Å²) >= 11 is 12.8. The predicted molar refractivity (Wildman–Crippen MR) is 103 cm³/mol. The van der Waals surface area contributed by atoms with E-state index in [1.54, 1.807) is 18.4 Å². The second kappa shape index (κ2) is 7.21. The van der Waals surface area contributed by atoms with E-state index in [2.05, 4.69) is 38.3 Å². The molecule has 2 aromatic rings. The van der Waals surface area contributed by atoms with Gasteiger partial charge in [-0.25, -0.2) is 0 Å². The van der Waals surface area contributed by atoms with E-state index >= 15 is 0 Å². The minimum Gasteiger partial charge on any atom is -0.497 e. The third-order valence-corrected chi connectivity index (χ3v) is 6.73. The van der Waals surface area contributed by atoms with E-state index in [0.717, 1.165) is 32.6 Å². The maximum atomic E-state index is 5.60. The van der Waals surface area contributed by atoms with Crippen molar-refractivity contribution in [3.8, 4) is 5.75 Å². The van der Waals surface area contributed by atoms with Gasteiger partial charge in [0.1, 0.15) is 11.1 Å². The Morgan fingerprint density at radius 2 is 2.09 bits per heavy atom. The Hall–Kier alpha value is -0.760. The predicted octanol–water partition coefficient (Wildman–Crippen LogP) is 4.96. The molecule has 22 heavy (non-hydrogen) atoms. The molecule has 3 rings (SSSR count). The van der Waals surface area contributed by atoms with Crippen molar-refractivity contribution in [1.82, 2.24) is 4.90 Å². The van der Waals surface area contributed by atoms with E-state index in [1.165, 1.54) is 4.88 Å². The maximum Gasteiger partial charge on any atom is 0.174 e. The van der Waals surface area contributed by atoms with Gasteiger partial charge in [0.05, 0.1) is 10.9 Å². The molecular formula is C15H15BrN2OS3. The fourth-order valence-electron chi connectivity index (χ4n) is 2.24. The Balaban J connectivity index is 1.70. The topological polar surface area (TPSA) is 24.5 Å². The molecule has 1 atom stereocenters. The fraction of sp³-hybridized carbons (Fsp3) is 0.267. The maximum absolute atomic E-state index is 5.60. The van der Waals surface area contributed by atoms with Crippen LogP contribution in [0.3, 0.4) is 0 Å². The van der Waals surface area contributed by atoms with Crippen molar-refractivity contribution >= 4 is 62.0 Å². The van der Waals surface area contributed by atoms with Crippen LogP contribution in [0.1, 0.15) is 10.3 Å². The van der Waals surface area contributed by atoms with Crippen LogP contribution in [0.2, 0.25) is 0 Å². The van der Waals surface area contributed by atoms with Gasteiger partial charge in [-0.3, -0.25) is 0 Å². The van der Waals surface area contributed by atoms with Gasteiger partial charge in [0.2, 0.25) is 0 Å². The Labute approximate surface area is 152 Å². The first-order valence-corrected chi connectivity index (χ1v) is 9.82. The van der Waals surface area contributed by atoms with Gasteiger partial charge in [-0.1, -0.05) is 0 Å². The number of thioether (sulfide) groups is 1. The second-order valence-electron chi connectivity index (χ2n) is 4.72. The van der Waals surface area contributed by atoms with Crippen molar-refractivity contribution in [2.75, 3.05) is 24.7 Å². The molecule has 0 saturated carbocycles. The number of ether oxygens (including phenoxy) is 1. The van der Waals surface area contributed by atoms with Crippen molar-refractivity contribution in [3.05, 3.63) is 45.1 Å². The molecule has 3 nitrogen and oxygen atoms in total. The number of hydrogen-bond acceptors (Lipinski definition) is 4. The van der Waals surface area contributed by atoms with Crippen LogP contribution < -0.4 is 10.1 Å². The molecule has 1 saturated heterocycles. The fourth-order valence-corrected chi connectivity index (χ4v) is 5.55. The second-order valence-corrected chi connectivity index (χ2v) is 8.79. The van der Waals surface area contributed by atoms with Crippen LogP contribution >= 0.6 is 51.2 Å². The van der Waals surface area contributed by atoms with Crippen molar-refractivity contribution in [2.45, 2.75) is 5.37 Å². The van der Waals surface area contributed by atoms with Crippen molar-refractivity contribution in [2.24, 2.45) is 0 Å². The van der Waals surface area contributed by atoms with Crippen molar-refractivity contribution < 1.29 is 4.74 Å². The van der Waals surface area contributed by atoms with Crippen LogP contribution in [-0.4, -0.2) is 29.4 Å². The molecule has 0 amide bonds. The van der Waals surface area contributed by atoms with Gasteiger partial charge in [0, 0.05) is 22.9 Å². The molecule has 1 aromatic heterocycles. The third kappa shape index (κ3) is 3.59. The molecule has 1 aliphatic heterocycles.